The number of rotatable bonds is 11. The van der Waals surface area contributed by atoms with E-state index in [-0.39, 0.29) is 0 Å². The molecule has 0 heterocycles. The highest BCUT2D eigenvalue weighted by molar-refractivity contribution is 7.87. The van der Waals surface area contributed by atoms with Gasteiger partial charge < -0.3 is 0 Å². The van der Waals surface area contributed by atoms with Crippen molar-refractivity contribution in [1.82, 2.24) is 0 Å². The fourth-order valence-corrected chi connectivity index (χ4v) is 4.66. The second kappa shape index (κ2) is 14.7. The summed E-state index contributed by atoms with van der Waals surface area (Å²) in [6.07, 6.45) is 0. The van der Waals surface area contributed by atoms with Crippen molar-refractivity contribution in [1.29, 1.82) is 0 Å². The van der Waals surface area contributed by atoms with E-state index in [1.165, 1.54) is 0 Å². The zero-order valence-electron chi connectivity index (χ0n) is 25.2. The topological polar surface area (TPSA) is 84.9 Å². The van der Waals surface area contributed by atoms with Gasteiger partial charge in [-0.3, -0.25) is 25.4 Å². The predicted molar refractivity (Wildman–Crippen MR) is 176 cm³/mol. The number of hydrogen-bond acceptors (Lipinski definition) is 6. The second-order valence-corrected chi connectivity index (χ2v) is 11.7. The molecule has 0 saturated heterocycles. The van der Waals surface area contributed by atoms with Crippen LogP contribution in [-0.2, 0) is 10.1 Å². The Kier molecular flexibility index (Phi) is 10.9. The summed E-state index contributed by atoms with van der Waals surface area (Å²) in [5, 5.41) is -2.07. The van der Waals surface area contributed by atoms with Crippen molar-refractivity contribution in [2.45, 2.75) is 24.0 Å². The average Bonchev–Trinajstić information content (AvgIpc) is 3.07. The maximum atomic E-state index is 12.2. The van der Waals surface area contributed by atoms with Crippen molar-refractivity contribution < 1.29 is 39.3 Å². The smallest absolute Gasteiger partial charge is 0.294 e. The van der Waals surface area contributed by atoms with Crippen LogP contribution >= 0.6 is 0 Å². The lowest BCUT2D eigenvalue weighted by Crippen LogP contribution is -2.56. The number of nitrogens with one attached hydrogen (secondary N) is 2. The fraction of sp³-hybridized carbons (Fsp3) is 0.118. The lowest BCUT2D eigenvalue weighted by Gasteiger charge is -2.28. The monoisotopic (exact) mass is 688 g/mol. The third-order valence-corrected chi connectivity index (χ3v) is 7.57. The zero-order valence-corrected chi connectivity index (χ0v) is 26.0. The van der Waals surface area contributed by atoms with Crippen molar-refractivity contribution in [3.63, 3.8) is 0 Å². The van der Waals surface area contributed by atoms with Crippen LogP contribution in [0.2, 0.25) is 0 Å². The van der Waals surface area contributed by atoms with E-state index in [0.29, 0.717) is 0 Å². The molecule has 0 bridgehead atoms. The van der Waals surface area contributed by atoms with Crippen LogP contribution in [0.15, 0.2) is 146 Å². The molecule has 0 spiro atoms. The number of alkyl halides is 6. The number of benzene rings is 5. The Labute approximate surface area is 273 Å². The van der Waals surface area contributed by atoms with E-state index in [1.807, 2.05) is 72.8 Å². The molecule has 14 heteroatoms. The van der Waals surface area contributed by atoms with Gasteiger partial charge in [0.05, 0.1) is 34.1 Å². The molecular formula is C34H30F6N4O3S. The molecule has 0 saturated carbocycles. The number of para-hydroxylation sites is 4. The molecule has 5 aromatic rings. The Morgan fingerprint density at radius 3 is 0.938 bits per heavy atom. The van der Waals surface area contributed by atoms with Crippen molar-refractivity contribution in [2.75, 3.05) is 20.9 Å². The largest absolute Gasteiger partial charge is 0.437 e. The minimum absolute atomic E-state index is 0.591. The summed E-state index contributed by atoms with van der Waals surface area (Å²) in [5.74, 6) is -11.5. The maximum absolute atomic E-state index is 12.2. The SMILES string of the molecule is CC(F)(F)C(F)(F)C(F)(F)S(=O)(=O)O.c1ccc(N(Nc2ccc(NN(c3ccccc3)c3ccccc3)cc2)c2ccccc2)cc1. The van der Waals surface area contributed by atoms with Gasteiger partial charge in [0.2, 0.25) is 0 Å². The van der Waals surface area contributed by atoms with Gasteiger partial charge in [-0.15, -0.1) is 0 Å². The zero-order chi connectivity index (χ0) is 35.0. The summed E-state index contributed by atoms with van der Waals surface area (Å²) in [6, 6.07) is 49.5. The summed E-state index contributed by atoms with van der Waals surface area (Å²) in [6.45, 7) is -0.591. The van der Waals surface area contributed by atoms with E-state index >= 15 is 0 Å². The van der Waals surface area contributed by atoms with Gasteiger partial charge >= 0.3 is 27.2 Å². The highest BCUT2D eigenvalue weighted by Gasteiger charge is 2.75. The second-order valence-electron chi connectivity index (χ2n) is 10.3. The summed E-state index contributed by atoms with van der Waals surface area (Å²) in [5.41, 5.74) is 13.3. The molecule has 0 aliphatic carbocycles. The Balaban J connectivity index is 0.000000316. The van der Waals surface area contributed by atoms with Gasteiger partial charge in [0.1, 0.15) is 0 Å². The van der Waals surface area contributed by atoms with E-state index in [9.17, 15) is 34.8 Å². The highest BCUT2D eigenvalue weighted by atomic mass is 32.2. The predicted octanol–water partition coefficient (Wildman–Crippen LogP) is 9.77. The van der Waals surface area contributed by atoms with Gasteiger partial charge in [-0.05, 0) is 72.8 Å². The van der Waals surface area contributed by atoms with Crippen LogP contribution < -0.4 is 20.9 Å². The molecule has 5 aromatic carbocycles. The Hall–Kier alpha value is -5.21. The normalized spacial score (nSPS) is 11.9. The molecule has 0 radical (unpaired) electrons. The van der Waals surface area contributed by atoms with Gasteiger partial charge in [-0.1, -0.05) is 72.8 Å². The van der Waals surface area contributed by atoms with Crippen LogP contribution in [0.4, 0.5) is 60.5 Å². The minimum Gasteiger partial charge on any atom is -0.294 e. The lowest BCUT2D eigenvalue weighted by atomic mass is 10.2. The van der Waals surface area contributed by atoms with Crippen LogP contribution in [0.5, 0.6) is 0 Å². The first-order valence-corrected chi connectivity index (χ1v) is 15.6. The van der Waals surface area contributed by atoms with Gasteiger partial charge in [-0.25, -0.2) is 0 Å². The molecule has 0 fully saturated rings. The number of nitrogens with zero attached hydrogens (tertiary/aromatic N) is 2. The molecule has 0 unspecified atom stereocenters. The van der Waals surface area contributed by atoms with Crippen LogP contribution in [-0.4, -0.2) is 30.1 Å². The molecule has 5 rings (SSSR count). The molecule has 48 heavy (non-hydrogen) atoms. The van der Waals surface area contributed by atoms with Gasteiger partial charge in [0, 0.05) is 6.92 Å². The first-order chi connectivity index (χ1) is 22.6. The van der Waals surface area contributed by atoms with Crippen LogP contribution in [0.25, 0.3) is 0 Å². The Morgan fingerprint density at radius 1 is 0.500 bits per heavy atom. The molecule has 3 N–H and O–H groups in total. The Morgan fingerprint density at radius 2 is 0.750 bits per heavy atom. The first-order valence-electron chi connectivity index (χ1n) is 14.2. The lowest BCUT2D eigenvalue weighted by molar-refractivity contribution is -0.273. The van der Waals surface area contributed by atoms with Gasteiger partial charge in [-0.2, -0.15) is 34.8 Å². The molecule has 0 aromatic heterocycles. The van der Waals surface area contributed by atoms with Gasteiger partial charge in [0.25, 0.3) is 0 Å². The quantitative estimate of drug-likeness (QED) is 0.0724. The Bertz CT molecular complexity index is 1650. The molecule has 0 atom stereocenters. The highest BCUT2D eigenvalue weighted by Crippen LogP contribution is 2.47. The third kappa shape index (κ3) is 8.38. The van der Waals surface area contributed by atoms with Crippen molar-refractivity contribution >= 4 is 44.2 Å². The number of hydrogen-bond donors (Lipinski definition) is 3. The van der Waals surface area contributed by atoms with E-state index in [4.69, 9.17) is 4.55 Å². The van der Waals surface area contributed by atoms with E-state index in [1.54, 1.807) is 0 Å². The number of hydrazine groups is 2. The summed E-state index contributed by atoms with van der Waals surface area (Å²) >= 11 is 0. The van der Waals surface area contributed by atoms with Crippen molar-refractivity contribution in [2.24, 2.45) is 0 Å². The molecule has 0 amide bonds. The summed E-state index contributed by atoms with van der Waals surface area (Å²) in [4.78, 5) is 0. The van der Waals surface area contributed by atoms with E-state index < -0.39 is 34.1 Å². The van der Waals surface area contributed by atoms with Crippen LogP contribution in [0.1, 0.15) is 6.92 Å². The number of halogens is 6. The van der Waals surface area contributed by atoms with Crippen molar-refractivity contribution in [3.05, 3.63) is 146 Å². The molecule has 7 nitrogen and oxygen atoms in total. The standard InChI is InChI=1S/C30H26N4.C4H4F6O3S/c1-5-13-27(14-6-1)33(28-15-7-2-8-16-28)31-25-21-23-26(24-22-25)32-34(29-17-9-3-10-18-29)30-19-11-4-12-20-30;1-2(5,6)3(7,8)4(9,10)14(11,12)13/h1-24,31-32H;1H3,(H,11,12,13). The summed E-state index contributed by atoms with van der Waals surface area (Å²) < 4.78 is 99.6. The van der Waals surface area contributed by atoms with Crippen molar-refractivity contribution in [3.8, 4) is 0 Å². The molecule has 0 aliphatic heterocycles. The molecule has 252 valence electrons. The molecule has 0 aliphatic rings. The minimum atomic E-state index is -6.61. The summed E-state index contributed by atoms with van der Waals surface area (Å²) in [7, 11) is -6.61. The third-order valence-electron chi connectivity index (χ3n) is 6.67. The average molecular weight is 689 g/mol. The van der Waals surface area contributed by atoms with Crippen LogP contribution in [0.3, 0.4) is 0 Å². The first kappa shape index (κ1) is 35.6. The fourth-order valence-electron chi connectivity index (χ4n) is 4.16. The van der Waals surface area contributed by atoms with E-state index in [2.05, 4.69) is 93.7 Å². The van der Waals surface area contributed by atoms with E-state index in [0.717, 1.165) is 34.1 Å². The van der Waals surface area contributed by atoms with Crippen LogP contribution in [0, 0.1) is 0 Å². The van der Waals surface area contributed by atoms with Gasteiger partial charge in [0.15, 0.2) is 0 Å². The number of anilines is 6. The maximum Gasteiger partial charge on any atom is 0.437 e. The molecular weight excluding hydrogens is 658 g/mol.